The van der Waals surface area contributed by atoms with Crippen molar-refractivity contribution in [2.75, 3.05) is 27.3 Å². The van der Waals surface area contributed by atoms with Gasteiger partial charge in [-0.15, -0.1) is 0 Å². The molecular weight excluding hydrogens is 492 g/mol. The lowest BCUT2D eigenvalue weighted by Crippen LogP contribution is -2.48. The standard InChI is InChI=1S/C32H38N2O5/c1-37-29-17-15-26(22-30(29)38-2)19-20-33(23-28-14-9-21-39-28)32(36)24-34(27-12-7-4-8-13-27)31(35)18-16-25-10-5-3-6-11-25/h3,5-6,9-11,14-18,21-22,27H,4,7-8,12-13,19-20,23-24H2,1-2H3. The smallest absolute Gasteiger partial charge is 0.247 e. The summed E-state index contributed by atoms with van der Waals surface area (Å²) >= 11 is 0. The molecule has 1 saturated carbocycles. The van der Waals surface area contributed by atoms with Gasteiger partial charge in [-0.1, -0.05) is 55.7 Å². The van der Waals surface area contributed by atoms with E-state index in [2.05, 4.69) is 0 Å². The van der Waals surface area contributed by atoms with Gasteiger partial charge >= 0.3 is 0 Å². The molecule has 2 amide bonds. The van der Waals surface area contributed by atoms with E-state index in [9.17, 15) is 9.59 Å². The van der Waals surface area contributed by atoms with E-state index in [1.54, 1.807) is 36.4 Å². The van der Waals surface area contributed by atoms with Crippen LogP contribution >= 0.6 is 0 Å². The minimum atomic E-state index is -0.128. The van der Waals surface area contributed by atoms with Crippen LogP contribution in [0.4, 0.5) is 0 Å². The van der Waals surface area contributed by atoms with Crippen molar-refractivity contribution in [3.8, 4) is 11.5 Å². The Bertz CT molecular complexity index is 1220. The van der Waals surface area contributed by atoms with Crippen LogP contribution in [-0.4, -0.2) is 55.0 Å². The first-order chi connectivity index (χ1) is 19.1. The number of benzene rings is 2. The molecule has 1 heterocycles. The second-order valence-corrected chi connectivity index (χ2v) is 9.84. The fourth-order valence-electron chi connectivity index (χ4n) is 5.04. The predicted molar refractivity (Wildman–Crippen MR) is 151 cm³/mol. The molecule has 1 aliphatic rings. The van der Waals surface area contributed by atoms with E-state index in [1.165, 1.54) is 6.42 Å². The van der Waals surface area contributed by atoms with Crippen molar-refractivity contribution < 1.29 is 23.5 Å². The lowest BCUT2D eigenvalue weighted by molar-refractivity contribution is -0.141. The lowest BCUT2D eigenvalue weighted by atomic mass is 9.94. The van der Waals surface area contributed by atoms with Gasteiger partial charge < -0.3 is 23.7 Å². The van der Waals surface area contributed by atoms with Gasteiger partial charge in [-0.2, -0.15) is 0 Å². The van der Waals surface area contributed by atoms with Crippen LogP contribution in [0.5, 0.6) is 11.5 Å². The lowest BCUT2D eigenvalue weighted by Gasteiger charge is -2.35. The minimum Gasteiger partial charge on any atom is -0.493 e. The molecule has 1 aromatic heterocycles. The second-order valence-electron chi connectivity index (χ2n) is 9.84. The van der Waals surface area contributed by atoms with Gasteiger partial charge in [0.15, 0.2) is 11.5 Å². The van der Waals surface area contributed by atoms with Gasteiger partial charge in [-0.3, -0.25) is 9.59 Å². The highest BCUT2D eigenvalue weighted by molar-refractivity contribution is 5.94. The Morgan fingerprint density at radius 3 is 2.41 bits per heavy atom. The van der Waals surface area contributed by atoms with E-state index >= 15 is 0 Å². The summed E-state index contributed by atoms with van der Waals surface area (Å²) in [5.41, 5.74) is 1.98. The molecule has 0 saturated heterocycles. The highest BCUT2D eigenvalue weighted by Gasteiger charge is 2.28. The first-order valence-corrected chi connectivity index (χ1v) is 13.6. The Labute approximate surface area is 231 Å². The van der Waals surface area contributed by atoms with Crippen molar-refractivity contribution >= 4 is 17.9 Å². The Morgan fingerprint density at radius 2 is 1.72 bits per heavy atom. The van der Waals surface area contributed by atoms with Crippen molar-refractivity contribution in [3.05, 3.63) is 89.9 Å². The summed E-state index contributed by atoms with van der Waals surface area (Å²) in [7, 11) is 3.22. The number of carbonyl (C=O) groups excluding carboxylic acids is 2. The van der Waals surface area contributed by atoms with E-state index in [0.29, 0.717) is 36.8 Å². The molecule has 2 aromatic carbocycles. The van der Waals surface area contributed by atoms with Crippen LogP contribution in [0, 0.1) is 0 Å². The molecule has 0 N–H and O–H groups in total. The van der Waals surface area contributed by atoms with Crippen LogP contribution in [0.2, 0.25) is 0 Å². The van der Waals surface area contributed by atoms with Gasteiger partial charge in [0.2, 0.25) is 11.8 Å². The third kappa shape index (κ3) is 7.99. The number of amides is 2. The van der Waals surface area contributed by atoms with E-state index < -0.39 is 0 Å². The highest BCUT2D eigenvalue weighted by atomic mass is 16.5. The second kappa shape index (κ2) is 14.2. The molecule has 3 aromatic rings. The zero-order valence-electron chi connectivity index (χ0n) is 22.9. The predicted octanol–water partition coefficient (Wildman–Crippen LogP) is 5.74. The van der Waals surface area contributed by atoms with E-state index in [-0.39, 0.29) is 24.4 Å². The molecular formula is C32H38N2O5. The number of ether oxygens (including phenoxy) is 2. The van der Waals surface area contributed by atoms with Crippen molar-refractivity contribution in [2.45, 2.75) is 51.1 Å². The largest absolute Gasteiger partial charge is 0.493 e. The van der Waals surface area contributed by atoms with Crippen molar-refractivity contribution in [2.24, 2.45) is 0 Å². The topological polar surface area (TPSA) is 72.2 Å². The highest BCUT2D eigenvalue weighted by Crippen LogP contribution is 2.28. The number of furan rings is 1. The number of methoxy groups -OCH3 is 2. The summed E-state index contributed by atoms with van der Waals surface area (Å²) in [4.78, 5) is 30.7. The molecule has 0 spiro atoms. The third-order valence-electron chi connectivity index (χ3n) is 7.22. The summed E-state index contributed by atoms with van der Waals surface area (Å²) < 4.78 is 16.4. The first kappa shape index (κ1) is 28.0. The summed E-state index contributed by atoms with van der Waals surface area (Å²) in [6.07, 6.45) is 10.8. The molecule has 0 aliphatic heterocycles. The molecule has 0 bridgehead atoms. The molecule has 7 nitrogen and oxygen atoms in total. The van der Waals surface area contributed by atoms with Gasteiger partial charge in [-0.05, 0) is 60.7 Å². The summed E-state index contributed by atoms with van der Waals surface area (Å²) in [5.74, 6) is 1.79. The van der Waals surface area contributed by atoms with Crippen LogP contribution < -0.4 is 9.47 Å². The number of hydrogen-bond donors (Lipinski definition) is 0. The molecule has 206 valence electrons. The Morgan fingerprint density at radius 1 is 0.949 bits per heavy atom. The van der Waals surface area contributed by atoms with Crippen molar-refractivity contribution in [3.63, 3.8) is 0 Å². The third-order valence-corrected chi connectivity index (χ3v) is 7.22. The summed E-state index contributed by atoms with van der Waals surface area (Å²) in [6.45, 7) is 0.850. The van der Waals surface area contributed by atoms with E-state index in [1.807, 2.05) is 66.7 Å². The molecule has 4 rings (SSSR count). The molecule has 0 radical (unpaired) electrons. The fraction of sp³-hybridized carbons (Fsp3) is 0.375. The van der Waals surface area contributed by atoms with Gasteiger partial charge in [-0.25, -0.2) is 0 Å². The number of carbonyl (C=O) groups is 2. The van der Waals surface area contributed by atoms with Crippen LogP contribution in [0.25, 0.3) is 6.08 Å². The zero-order chi connectivity index (χ0) is 27.5. The summed E-state index contributed by atoms with van der Waals surface area (Å²) in [5, 5.41) is 0. The fourth-order valence-corrected chi connectivity index (χ4v) is 5.04. The van der Waals surface area contributed by atoms with Crippen LogP contribution in [-0.2, 0) is 22.6 Å². The van der Waals surface area contributed by atoms with Crippen molar-refractivity contribution in [1.29, 1.82) is 0 Å². The molecule has 7 heteroatoms. The van der Waals surface area contributed by atoms with Crippen LogP contribution in [0.15, 0.2) is 77.4 Å². The normalized spacial score (nSPS) is 13.8. The van der Waals surface area contributed by atoms with Gasteiger partial charge in [0.1, 0.15) is 12.3 Å². The maximum Gasteiger partial charge on any atom is 0.247 e. The zero-order valence-corrected chi connectivity index (χ0v) is 22.9. The number of hydrogen-bond acceptors (Lipinski definition) is 5. The Balaban J connectivity index is 1.50. The molecule has 1 aliphatic carbocycles. The maximum atomic E-state index is 13.8. The van der Waals surface area contributed by atoms with Gasteiger partial charge in [0, 0.05) is 18.7 Å². The molecule has 0 unspecified atom stereocenters. The maximum absolute atomic E-state index is 13.8. The summed E-state index contributed by atoms with van der Waals surface area (Å²) in [6, 6.07) is 19.3. The Hall–Kier alpha value is -4.00. The average Bonchev–Trinajstić information content (AvgIpc) is 3.50. The van der Waals surface area contributed by atoms with Crippen LogP contribution in [0.3, 0.4) is 0 Å². The van der Waals surface area contributed by atoms with Crippen LogP contribution in [0.1, 0.15) is 49.0 Å². The monoisotopic (exact) mass is 530 g/mol. The number of nitrogens with zero attached hydrogens (tertiary/aromatic N) is 2. The average molecular weight is 531 g/mol. The van der Waals surface area contributed by atoms with E-state index in [0.717, 1.165) is 36.8 Å². The Kier molecular flexibility index (Phi) is 10.2. The van der Waals surface area contributed by atoms with E-state index in [4.69, 9.17) is 13.9 Å². The molecule has 39 heavy (non-hydrogen) atoms. The van der Waals surface area contributed by atoms with Crippen molar-refractivity contribution in [1.82, 2.24) is 9.80 Å². The molecule has 1 fully saturated rings. The number of rotatable bonds is 12. The van der Waals surface area contributed by atoms with Gasteiger partial charge in [0.05, 0.1) is 27.0 Å². The first-order valence-electron chi connectivity index (χ1n) is 13.6. The SMILES string of the molecule is COc1ccc(CCN(Cc2ccco2)C(=O)CN(C(=O)C=Cc2ccccc2)C2CCCCC2)cc1OC. The molecule has 0 atom stereocenters. The quantitative estimate of drug-likeness (QED) is 0.279. The van der Waals surface area contributed by atoms with Gasteiger partial charge in [0.25, 0.3) is 0 Å². The minimum absolute atomic E-state index is 0.0370.